The Labute approximate surface area is 75.0 Å². The summed E-state index contributed by atoms with van der Waals surface area (Å²) in [5.74, 6) is 0.636. The van der Waals surface area contributed by atoms with Crippen molar-refractivity contribution in [2.24, 2.45) is 5.92 Å². The van der Waals surface area contributed by atoms with Crippen molar-refractivity contribution in [3.8, 4) is 0 Å². The van der Waals surface area contributed by atoms with Crippen molar-refractivity contribution in [2.75, 3.05) is 0 Å². The zero-order valence-corrected chi connectivity index (χ0v) is 8.42. The van der Waals surface area contributed by atoms with Gasteiger partial charge in [-0.25, -0.2) is 0 Å². The largest absolute Gasteiger partial charge is 0.350 e. The molecule has 1 unspecified atom stereocenters. The van der Waals surface area contributed by atoms with Crippen LogP contribution in [-0.2, 0) is 4.79 Å². The first-order valence-electron chi connectivity index (χ1n) is 4.49. The summed E-state index contributed by atoms with van der Waals surface area (Å²) in [5.41, 5.74) is 0. The fraction of sp³-hybridized carbons (Fsp3) is 0.700. The highest BCUT2D eigenvalue weighted by molar-refractivity contribution is 5.87. The average Bonchev–Trinajstić information content (AvgIpc) is 1.84. The minimum atomic E-state index is 0.00523. The molecule has 1 atom stereocenters. The lowest BCUT2D eigenvalue weighted by molar-refractivity contribution is -0.117. The normalized spacial score (nSPS) is 13.8. The molecule has 0 rings (SSSR count). The number of hydrogen-bond donors (Lipinski definition) is 1. The van der Waals surface area contributed by atoms with Crippen LogP contribution in [0.4, 0.5) is 0 Å². The summed E-state index contributed by atoms with van der Waals surface area (Å²) in [5, 5.41) is 2.89. The maximum Gasteiger partial charge on any atom is 0.243 e. The fourth-order valence-electron chi connectivity index (χ4n) is 1.21. The Morgan fingerprint density at radius 2 is 2.00 bits per heavy atom. The SMILES string of the molecule is CC=CC(=O)NC(C)CC(C)C. The summed E-state index contributed by atoms with van der Waals surface area (Å²) in [4.78, 5) is 11.0. The Kier molecular flexibility index (Phi) is 5.43. The zero-order valence-electron chi connectivity index (χ0n) is 8.42. The van der Waals surface area contributed by atoms with E-state index in [1.165, 1.54) is 0 Å². The van der Waals surface area contributed by atoms with Crippen LogP contribution < -0.4 is 5.32 Å². The Bertz CT molecular complexity index is 161. The van der Waals surface area contributed by atoms with E-state index in [9.17, 15) is 4.79 Å². The molecule has 70 valence electrons. The second-order valence-corrected chi connectivity index (χ2v) is 3.54. The smallest absolute Gasteiger partial charge is 0.243 e. The van der Waals surface area contributed by atoms with Crippen molar-refractivity contribution in [3.05, 3.63) is 12.2 Å². The molecule has 1 N–H and O–H groups in total. The summed E-state index contributed by atoms with van der Waals surface area (Å²) in [6.07, 6.45) is 4.33. The first kappa shape index (κ1) is 11.2. The topological polar surface area (TPSA) is 29.1 Å². The van der Waals surface area contributed by atoms with Crippen molar-refractivity contribution in [1.82, 2.24) is 5.32 Å². The summed E-state index contributed by atoms with van der Waals surface area (Å²) in [6.45, 7) is 8.17. The van der Waals surface area contributed by atoms with Crippen LogP contribution in [0.2, 0.25) is 0 Å². The molecule has 1 amide bonds. The number of carbonyl (C=O) groups is 1. The Morgan fingerprint density at radius 3 is 2.42 bits per heavy atom. The zero-order chi connectivity index (χ0) is 9.56. The number of rotatable bonds is 4. The highest BCUT2D eigenvalue weighted by Gasteiger charge is 2.05. The minimum Gasteiger partial charge on any atom is -0.350 e. The van der Waals surface area contributed by atoms with E-state index in [0.29, 0.717) is 5.92 Å². The quantitative estimate of drug-likeness (QED) is 0.642. The van der Waals surface area contributed by atoms with Crippen LogP contribution in [0.1, 0.15) is 34.1 Å². The van der Waals surface area contributed by atoms with Gasteiger partial charge in [-0.15, -0.1) is 0 Å². The van der Waals surface area contributed by atoms with E-state index in [2.05, 4.69) is 19.2 Å². The van der Waals surface area contributed by atoms with Gasteiger partial charge in [0.25, 0.3) is 0 Å². The summed E-state index contributed by atoms with van der Waals surface area (Å²) < 4.78 is 0. The van der Waals surface area contributed by atoms with Gasteiger partial charge in [0.15, 0.2) is 0 Å². The minimum absolute atomic E-state index is 0.00523. The molecule has 0 saturated heterocycles. The van der Waals surface area contributed by atoms with Gasteiger partial charge in [0, 0.05) is 6.04 Å². The molecule has 0 fully saturated rings. The molecule has 0 aliphatic heterocycles. The number of carbonyl (C=O) groups excluding carboxylic acids is 1. The summed E-state index contributed by atoms with van der Waals surface area (Å²) in [7, 11) is 0. The highest BCUT2D eigenvalue weighted by atomic mass is 16.1. The lowest BCUT2D eigenvalue weighted by Crippen LogP contribution is -2.32. The second kappa shape index (κ2) is 5.81. The van der Waals surface area contributed by atoms with Gasteiger partial charge in [0.1, 0.15) is 0 Å². The molecule has 0 aliphatic rings. The van der Waals surface area contributed by atoms with Crippen molar-refractivity contribution in [2.45, 2.75) is 40.2 Å². The number of hydrogen-bond acceptors (Lipinski definition) is 1. The monoisotopic (exact) mass is 169 g/mol. The van der Waals surface area contributed by atoms with E-state index in [-0.39, 0.29) is 11.9 Å². The summed E-state index contributed by atoms with van der Waals surface area (Å²) >= 11 is 0. The molecule has 0 aromatic rings. The molecule has 0 radical (unpaired) electrons. The van der Waals surface area contributed by atoms with Crippen LogP contribution in [0.5, 0.6) is 0 Å². The third-order valence-corrected chi connectivity index (χ3v) is 1.53. The van der Waals surface area contributed by atoms with Crippen LogP contribution in [0.25, 0.3) is 0 Å². The van der Waals surface area contributed by atoms with Gasteiger partial charge in [-0.1, -0.05) is 19.9 Å². The molecule has 0 heterocycles. The van der Waals surface area contributed by atoms with E-state index < -0.39 is 0 Å². The molecule has 0 aliphatic carbocycles. The molecular weight excluding hydrogens is 150 g/mol. The first-order chi connectivity index (χ1) is 5.56. The van der Waals surface area contributed by atoms with Gasteiger partial charge < -0.3 is 5.32 Å². The molecule has 2 heteroatoms. The first-order valence-corrected chi connectivity index (χ1v) is 4.49. The Balaban J connectivity index is 3.68. The van der Waals surface area contributed by atoms with Crippen LogP contribution >= 0.6 is 0 Å². The molecule has 12 heavy (non-hydrogen) atoms. The maximum absolute atomic E-state index is 11.0. The van der Waals surface area contributed by atoms with Gasteiger partial charge in [-0.3, -0.25) is 4.79 Å². The lowest BCUT2D eigenvalue weighted by Gasteiger charge is -2.14. The third-order valence-electron chi connectivity index (χ3n) is 1.53. The number of nitrogens with one attached hydrogen (secondary N) is 1. The highest BCUT2D eigenvalue weighted by Crippen LogP contribution is 2.03. The molecule has 0 spiro atoms. The number of allylic oxidation sites excluding steroid dienone is 1. The van der Waals surface area contributed by atoms with E-state index in [4.69, 9.17) is 0 Å². The van der Waals surface area contributed by atoms with Crippen LogP contribution in [0.3, 0.4) is 0 Å². The van der Waals surface area contributed by atoms with Crippen molar-refractivity contribution in [3.63, 3.8) is 0 Å². The third kappa shape index (κ3) is 5.96. The predicted molar refractivity (Wildman–Crippen MR) is 51.9 cm³/mol. The van der Waals surface area contributed by atoms with Gasteiger partial charge in [-0.2, -0.15) is 0 Å². The molecule has 0 bridgehead atoms. The van der Waals surface area contributed by atoms with E-state index in [0.717, 1.165) is 6.42 Å². The average molecular weight is 169 g/mol. The molecule has 2 nitrogen and oxygen atoms in total. The molecule has 0 saturated carbocycles. The van der Waals surface area contributed by atoms with Gasteiger partial charge in [-0.05, 0) is 32.3 Å². The van der Waals surface area contributed by atoms with E-state index in [1.54, 1.807) is 12.2 Å². The van der Waals surface area contributed by atoms with Crippen LogP contribution in [0.15, 0.2) is 12.2 Å². The summed E-state index contributed by atoms with van der Waals surface area (Å²) in [6, 6.07) is 0.272. The lowest BCUT2D eigenvalue weighted by atomic mass is 10.1. The van der Waals surface area contributed by atoms with E-state index in [1.807, 2.05) is 13.8 Å². The molecule has 0 aromatic heterocycles. The second-order valence-electron chi connectivity index (χ2n) is 3.54. The Morgan fingerprint density at radius 1 is 1.42 bits per heavy atom. The van der Waals surface area contributed by atoms with Crippen molar-refractivity contribution in [1.29, 1.82) is 0 Å². The molecular formula is C10H19NO. The standard InChI is InChI=1S/C10H19NO/c1-5-6-10(12)11-9(4)7-8(2)3/h5-6,8-9H,7H2,1-4H3,(H,11,12). The Hall–Kier alpha value is -0.790. The van der Waals surface area contributed by atoms with Gasteiger partial charge >= 0.3 is 0 Å². The fourth-order valence-corrected chi connectivity index (χ4v) is 1.21. The van der Waals surface area contributed by atoms with Crippen molar-refractivity contribution >= 4 is 5.91 Å². The van der Waals surface area contributed by atoms with Gasteiger partial charge in [0.2, 0.25) is 5.91 Å². The van der Waals surface area contributed by atoms with Crippen LogP contribution in [-0.4, -0.2) is 11.9 Å². The van der Waals surface area contributed by atoms with Crippen LogP contribution in [0, 0.1) is 5.92 Å². The number of amides is 1. The van der Waals surface area contributed by atoms with E-state index >= 15 is 0 Å². The van der Waals surface area contributed by atoms with Gasteiger partial charge in [0.05, 0.1) is 0 Å². The molecule has 0 aromatic carbocycles. The predicted octanol–water partition coefficient (Wildman–Crippen LogP) is 2.11. The maximum atomic E-state index is 11.0. The van der Waals surface area contributed by atoms with Crippen molar-refractivity contribution < 1.29 is 4.79 Å².